The Bertz CT molecular complexity index is 973. The summed E-state index contributed by atoms with van der Waals surface area (Å²) in [6.45, 7) is 0.556. The highest BCUT2D eigenvalue weighted by Crippen LogP contribution is 2.27. The maximum atomic E-state index is 13.8. The lowest BCUT2D eigenvalue weighted by Crippen LogP contribution is -2.40. The van der Waals surface area contributed by atoms with Crippen LogP contribution in [0.5, 0.6) is 0 Å². The molecule has 28 heavy (non-hydrogen) atoms. The standard InChI is InChI=1S/C18H16Cl2FNO5S/c19-14-2-1-3-16(21)13(14)11-27-18(23)12-4-5-15(20)17(10-12)28(24,25)22-6-8-26-9-7-22/h1-5,10H,6-9,11H2. The topological polar surface area (TPSA) is 72.9 Å². The molecule has 1 fully saturated rings. The predicted molar refractivity (Wildman–Crippen MR) is 102 cm³/mol. The third-order valence-electron chi connectivity index (χ3n) is 4.16. The Hall–Kier alpha value is -1.71. The van der Waals surface area contributed by atoms with Crippen molar-refractivity contribution in [1.29, 1.82) is 0 Å². The minimum atomic E-state index is -3.90. The number of halogens is 3. The number of carbonyl (C=O) groups is 1. The van der Waals surface area contributed by atoms with Gasteiger partial charge in [-0.25, -0.2) is 17.6 Å². The van der Waals surface area contributed by atoms with Crippen molar-refractivity contribution < 1.29 is 27.1 Å². The Morgan fingerprint density at radius 2 is 1.86 bits per heavy atom. The van der Waals surface area contributed by atoms with Crippen LogP contribution in [0.4, 0.5) is 4.39 Å². The van der Waals surface area contributed by atoms with E-state index >= 15 is 0 Å². The zero-order chi connectivity index (χ0) is 20.3. The van der Waals surface area contributed by atoms with Gasteiger partial charge in [0.1, 0.15) is 17.3 Å². The zero-order valence-electron chi connectivity index (χ0n) is 14.5. The van der Waals surface area contributed by atoms with Gasteiger partial charge in [-0.1, -0.05) is 29.3 Å². The lowest BCUT2D eigenvalue weighted by Gasteiger charge is -2.26. The van der Waals surface area contributed by atoms with Gasteiger partial charge >= 0.3 is 5.97 Å². The monoisotopic (exact) mass is 447 g/mol. The van der Waals surface area contributed by atoms with Crippen LogP contribution < -0.4 is 0 Å². The third-order valence-corrected chi connectivity index (χ3v) is 6.90. The number of morpholine rings is 1. The van der Waals surface area contributed by atoms with Gasteiger partial charge in [0.05, 0.1) is 28.8 Å². The van der Waals surface area contributed by atoms with Crippen LogP contribution in [0.3, 0.4) is 0 Å². The molecule has 0 bridgehead atoms. The molecule has 2 aromatic rings. The summed E-state index contributed by atoms with van der Waals surface area (Å²) in [4.78, 5) is 12.1. The molecule has 0 atom stereocenters. The zero-order valence-corrected chi connectivity index (χ0v) is 16.9. The average Bonchev–Trinajstić information content (AvgIpc) is 2.68. The quantitative estimate of drug-likeness (QED) is 0.655. The molecule has 0 aliphatic carbocycles. The molecule has 0 aromatic heterocycles. The maximum absolute atomic E-state index is 13.8. The Morgan fingerprint density at radius 1 is 1.14 bits per heavy atom. The lowest BCUT2D eigenvalue weighted by atomic mass is 10.2. The first kappa shape index (κ1) is 21.0. The van der Waals surface area contributed by atoms with E-state index in [-0.39, 0.29) is 52.4 Å². The summed E-state index contributed by atoms with van der Waals surface area (Å²) in [6.07, 6.45) is 0. The predicted octanol–water partition coefficient (Wildman–Crippen LogP) is 3.51. The molecule has 1 aliphatic heterocycles. The van der Waals surface area contributed by atoms with Crippen LogP contribution in [0, 0.1) is 5.82 Å². The minimum Gasteiger partial charge on any atom is -0.457 e. The molecule has 1 heterocycles. The molecule has 0 saturated carbocycles. The number of hydrogen-bond donors (Lipinski definition) is 0. The fourth-order valence-electron chi connectivity index (χ4n) is 2.65. The summed E-state index contributed by atoms with van der Waals surface area (Å²) in [5.74, 6) is -1.43. The molecular formula is C18H16Cl2FNO5S. The van der Waals surface area contributed by atoms with Crippen molar-refractivity contribution in [2.24, 2.45) is 0 Å². The van der Waals surface area contributed by atoms with Gasteiger partial charge < -0.3 is 9.47 Å². The van der Waals surface area contributed by atoms with Gasteiger partial charge in [0, 0.05) is 18.7 Å². The second-order valence-corrected chi connectivity index (χ2v) is 8.66. The van der Waals surface area contributed by atoms with Crippen molar-refractivity contribution in [2.75, 3.05) is 26.3 Å². The van der Waals surface area contributed by atoms with Crippen LogP contribution in [0.25, 0.3) is 0 Å². The molecule has 6 nitrogen and oxygen atoms in total. The molecule has 1 aliphatic rings. The molecule has 0 amide bonds. The maximum Gasteiger partial charge on any atom is 0.338 e. The van der Waals surface area contributed by atoms with E-state index in [4.69, 9.17) is 32.7 Å². The van der Waals surface area contributed by atoms with E-state index in [1.54, 1.807) is 0 Å². The van der Waals surface area contributed by atoms with Crippen LogP contribution in [0.2, 0.25) is 10.0 Å². The molecule has 0 spiro atoms. The normalized spacial score (nSPS) is 15.4. The Morgan fingerprint density at radius 3 is 2.54 bits per heavy atom. The lowest BCUT2D eigenvalue weighted by molar-refractivity contribution is 0.0468. The number of benzene rings is 2. The van der Waals surface area contributed by atoms with E-state index in [0.29, 0.717) is 0 Å². The van der Waals surface area contributed by atoms with Crippen molar-refractivity contribution >= 4 is 39.2 Å². The van der Waals surface area contributed by atoms with Crippen molar-refractivity contribution in [3.05, 3.63) is 63.4 Å². The molecule has 0 N–H and O–H groups in total. The summed E-state index contributed by atoms with van der Waals surface area (Å²) >= 11 is 12.0. The van der Waals surface area contributed by atoms with Crippen molar-refractivity contribution in [3.63, 3.8) is 0 Å². The van der Waals surface area contributed by atoms with Crippen LogP contribution in [-0.4, -0.2) is 45.0 Å². The largest absolute Gasteiger partial charge is 0.457 e. The molecule has 1 saturated heterocycles. The molecule has 0 radical (unpaired) electrons. The summed E-state index contributed by atoms with van der Waals surface area (Å²) in [5, 5.41) is 0.111. The molecular weight excluding hydrogens is 432 g/mol. The first-order valence-electron chi connectivity index (χ1n) is 8.28. The Kier molecular flexibility index (Phi) is 6.57. The first-order chi connectivity index (χ1) is 13.3. The second-order valence-electron chi connectivity index (χ2n) is 5.94. The van der Waals surface area contributed by atoms with Gasteiger partial charge in [0.25, 0.3) is 0 Å². The number of rotatable bonds is 5. The number of sulfonamides is 1. The van der Waals surface area contributed by atoms with Gasteiger partial charge in [-0.05, 0) is 30.3 Å². The molecule has 150 valence electrons. The van der Waals surface area contributed by atoms with E-state index in [0.717, 1.165) is 6.07 Å². The van der Waals surface area contributed by atoms with Crippen LogP contribution >= 0.6 is 23.2 Å². The fraction of sp³-hybridized carbons (Fsp3) is 0.278. The van der Waals surface area contributed by atoms with Gasteiger partial charge in [0.15, 0.2) is 0 Å². The van der Waals surface area contributed by atoms with Crippen LogP contribution in [-0.2, 0) is 26.1 Å². The number of nitrogens with zero attached hydrogens (tertiary/aromatic N) is 1. The highest BCUT2D eigenvalue weighted by Gasteiger charge is 2.29. The molecule has 0 unspecified atom stereocenters. The molecule has 3 rings (SSSR count). The second kappa shape index (κ2) is 8.75. The number of ether oxygens (including phenoxy) is 2. The van der Waals surface area contributed by atoms with E-state index in [1.807, 2.05) is 0 Å². The highest BCUT2D eigenvalue weighted by atomic mass is 35.5. The van der Waals surface area contributed by atoms with Gasteiger partial charge in [-0.15, -0.1) is 0 Å². The van der Waals surface area contributed by atoms with Gasteiger partial charge in [-0.3, -0.25) is 0 Å². The minimum absolute atomic E-state index is 0.0137. The molecule has 10 heteroatoms. The highest BCUT2D eigenvalue weighted by molar-refractivity contribution is 7.89. The average molecular weight is 448 g/mol. The summed E-state index contributed by atoms with van der Waals surface area (Å²) < 4.78 is 50.9. The van der Waals surface area contributed by atoms with Crippen molar-refractivity contribution in [1.82, 2.24) is 4.31 Å². The van der Waals surface area contributed by atoms with E-state index in [9.17, 15) is 17.6 Å². The number of esters is 1. The molecule has 2 aromatic carbocycles. The van der Waals surface area contributed by atoms with Crippen LogP contribution in [0.1, 0.15) is 15.9 Å². The smallest absolute Gasteiger partial charge is 0.338 e. The van der Waals surface area contributed by atoms with Crippen molar-refractivity contribution in [3.8, 4) is 0 Å². The summed E-state index contributed by atoms with van der Waals surface area (Å²) in [7, 11) is -3.90. The van der Waals surface area contributed by atoms with Crippen molar-refractivity contribution in [2.45, 2.75) is 11.5 Å². The Labute approximate surface area is 171 Å². The Balaban J connectivity index is 1.81. The number of carbonyl (C=O) groups excluding carboxylic acids is 1. The SMILES string of the molecule is O=C(OCc1c(F)cccc1Cl)c1ccc(Cl)c(S(=O)(=O)N2CCOCC2)c1. The summed E-state index contributed by atoms with van der Waals surface area (Å²) in [6, 6.07) is 7.91. The third kappa shape index (κ3) is 4.47. The first-order valence-corrected chi connectivity index (χ1v) is 10.5. The van der Waals surface area contributed by atoms with Gasteiger partial charge in [0.2, 0.25) is 10.0 Å². The number of hydrogen-bond acceptors (Lipinski definition) is 5. The van der Waals surface area contributed by atoms with E-state index < -0.39 is 28.4 Å². The summed E-state index contributed by atoms with van der Waals surface area (Å²) in [5.41, 5.74) is 0.0105. The fourth-order valence-corrected chi connectivity index (χ4v) is 4.77. The van der Waals surface area contributed by atoms with E-state index in [2.05, 4.69) is 0 Å². The van der Waals surface area contributed by atoms with E-state index in [1.165, 1.54) is 34.6 Å². The van der Waals surface area contributed by atoms with Gasteiger partial charge in [-0.2, -0.15) is 4.31 Å². The van der Waals surface area contributed by atoms with Crippen LogP contribution in [0.15, 0.2) is 41.3 Å².